The number of carbonyl (C=O) groups excluding carboxylic acids is 1. The second-order valence-electron chi connectivity index (χ2n) is 6.88. The van der Waals surface area contributed by atoms with Crippen molar-refractivity contribution in [1.29, 1.82) is 0 Å². The quantitative estimate of drug-likeness (QED) is 0.469. The molecule has 1 heterocycles. The highest BCUT2D eigenvalue weighted by atomic mass is 32.2. The summed E-state index contributed by atoms with van der Waals surface area (Å²) < 4.78 is 12.2. The molecule has 1 aromatic heterocycles. The van der Waals surface area contributed by atoms with E-state index in [1.807, 2.05) is 43.3 Å². The second-order valence-corrected chi connectivity index (χ2v) is 7.83. The maximum Gasteiger partial charge on any atom is 0.343 e. The Morgan fingerprint density at radius 2 is 1.97 bits per heavy atom. The van der Waals surface area contributed by atoms with E-state index in [4.69, 9.17) is 9.47 Å². The maximum absolute atomic E-state index is 12.5. The minimum absolute atomic E-state index is 0.131. The van der Waals surface area contributed by atoms with Crippen molar-refractivity contribution in [2.75, 3.05) is 20.0 Å². The molecule has 2 aromatic carbocycles. The highest BCUT2D eigenvalue weighted by molar-refractivity contribution is 7.99. The third-order valence-electron chi connectivity index (χ3n) is 4.80. The molecule has 0 spiro atoms. The molecule has 0 aliphatic heterocycles. The van der Waals surface area contributed by atoms with Crippen molar-refractivity contribution >= 4 is 17.7 Å². The first kappa shape index (κ1) is 22.5. The van der Waals surface area contributed by atoms with Crippen LogP contribution in [-0.4, -0.2) is 40.6 Å². The third kappa shape index (κ3) is 5.91. The van der Waals surface area contributed by atoms with Gasteiger partial charge in [0.1, 0.15) is 11.5 Å². The standard InChI is InChI=1S/C22H26N4O4S/c1-15(18-13-17(29-2)9-10-19(18)30-3)23-20(27)14-31-22-25-24-21(28)26(22)12-11-16-7-5-4-6-8-16/h4-10,13,15H,11-12,14H2,1-3H3,(H,23,27)(H,24,28). The van der Waals surface area contributed by atoms with Gasteiger partial charge in [0.15, 0.2) is 5.16 Å². The number of H-pyrrole nitrogens is 1. The highest BCUT2D eigenvalue weighted by Crippen LogP contribution is 2.29. The normalized spacial score (nSPS) is 11.7. The number of hydrogen-bond donors (Lipinski definition) is 2. The van der Waals surface area contributed by atoms with Gasteiger partial charge in [-0.3, -0.25) is 9.36 Å². The fourth-order valence-corrected chi connectivity index (χ4v) is 3.95. The first-order chi connectivity index (χ1) is 15.0. The SMILES string of the molecule is COc1ccc(OC)c(C(C)NC(=O)CSc2n[nH]c(=O)n2CCc2ccccc2)c1. The van der Waals surface area contributed by atoms with Gasteiger partial charge in [-0.15, -0.1) is 5.10 Å². The molecule has 0 saturated heterocycles. The predicted molar refractivity (Wildman–Crippen MR) is 120 cm³/mol. The van der Waals surface area contributed by atoms with Gasteiger partial charge >= 0.3 is 5.69 Å². The van der Waals surface area contributed by atoms with Crippen LogP contribution < -0.4 is 20.5 Å². The molecule has 164 valence electrons. The lowest BCUT2D eigenvalue weighted by molar-refractivity contribution is -0.119. The van der Waals surface area contributed by atoms with E-state index in [1.54, 1.807) is 30.9 Å². The van der Waals surface area contributed by atoms with Crippen LogP contribution in [0.25, 0.3) is 0 Å². The topological polar surface area (TPSA) is 98.2 Å². The monoisotopic (exact) mass is 442 g/mol. The number of nitrogens with one attached hydrogen (secondary N) is 2. The Morgan fingerprint density at radius 1 is 1.19 bits per heavy atom. The van der Waals surface area contributed by atoms with Crippen LogP contribution in [0.15, 0.2) is 58.5 Å². The number of thioether (sulfide) groups is 1. The molecule has 8 nitrogen and oxygen atoms in total. The van der Waals surface area contributed by atoms with Crippen molar-refractivity contribution in [3.63, 3.8) is 0 Å². The van der Waals surface area contributed by atoms with Gasteiger partial charge in [0, 0.05) is 12.1 Å². The van der Waals surface area contributed by atoms with E-state index in [0.29, 0.717) is 29.6 Å². The van der Waals surface area contributed by atoms with E-state index >= 15 is 0 Å². The maximum atomic E-state index is 12.5. The summed E-state index contributed by atoms with van der Waals surface area (Å²) >= 11 is 1.22. The number of amides is 1. The summed E-state index contributed by atoms with van der Waals surface area (Å²) in [4.78, 5) is 24.6. The van der Waals surface area contributed by atoms with Gasteiger partial charge in [-0.05, 0) is 37.1 Å². The lowest BCUT2D eigenvalue weighted by Crippen LogP contribution is -2.28. The molecule has 0 fully saturated rings. The van der Waals surface area contributed by atoms with Crippen LogP contribution in [-0.2, 0) is 17.8 Å². The van der Waals surface area contributed by atoms with Crippen LogP contribution in [0, 0.1) is 0 Å². The summed E-state index contributed by atoms with van der Waals surface area (Å²) in [7, 11) is 3.18. The molecule has 1 atom stereocenters. The molecule has 0 aliphatic rings. The zero-order valence-electron chi connectivity index (χ0n) is 17.8. The number of aromatic nitrogens is 3. The van der Waals surface area contributed by atoms with E-state index in [9.17, 15) is 9.59 Å². The number of carbonyl (C=O) groups is 1. The van der Waals surface area contributed by atoms with Crippen molar-refractivity contribution in [2.24, 2.45) is 0 Å². The number of methoxy groups -OCH3 is 2. The minimum Gasteiger partial charge on any atom is -0.497 e. The van der Waals surface area contributed by atoms with Gasteiger partial charge in [0.25, 0.3) is 0 Å². The highest BCUT2D eigenvalue weighted by Gasteiger charge is 2.17. The summed E-state index contributed by atoms with van der Waals surface area (Å²) in [6.45, 7) is 2.37. The van der Waals surface area contributed by atoms with Crippen molar-refractivity contribution in [3.05, 3.63) is 70.1 Å². The van der Waals surface area contributed by atoms with Gasteiger partial charge in [-0.25, -0.2) is 9.89 Å². The minimum atomic E-state index is -0.284. The number of aromatic amines is 1. The molecule has 1 unspecified atom stereocenters. The van der Waals surface area contributed by atoms with Crippen molar-refractivity contribution < 1.29 is 14.3 Å². The zero-order chi connectivity index (χ0) is 22.2. The van der Waals surface area contributed by atoms with Crippen molar-refractivity contribution in [3.8, 4) is 11.5 Å². The Kier molecular flexibility index (Phi) is 7.77. The predicted octanol–water partition coefficient (Wildman–Crippen LogP) is 2.80. The molecule has 0 aliphatic carbocycles. The molecule has 9 heteroatoms. The van der Waals surface area contributed by atoms with Gasteiger partial charge in [0.2, 0.25) is 5.91 Å². The molecule has 0 saturated carbocycles. The lowest BCUT2D eigenvalue weighted by Gasteiger charge is -2.18. The fraction of sp³-hybridized carbons (Fsp3) is 0.318. The summed E-state index contributed by atoms with van der Waals surface area (Å²) in [5.74, 6) is 1.31. The Morgan fingerprint density at radius 3 is 2.68 bits per heavy atom. The number of hydrogen-bond acceptors (Lipinski definition) is 6. The summed E-state index contributed by atoms with van der Waals surface area (Å²) in [6.07, 6.45) is 0.701. The lowest BCUT2D eigenvalue weighted by atomic mass is 10.1. The van der Waals surface area contributed by atoms with Crippen molar-refractivity contribution in [1.82, 2.24) is 20.1 Å². The van der Waals surface area contributed by atoms with Crippen LogP contribution in [0.3, 0.4) is 0 Å². The van der Waals surface area contributed by atoms with Crippen LogP contribution in [0.4, 0.5) is 0 Å². The number of nitrogens with zero attached hydrogens (tertiary/aromatic N) is 2. The van der Waals surface area contributed by atoms with Crippen molar-refractivity contribution in [2.45, 2.75) is 31.1 Å². The Balaban J connectivity index is 1.59. The van der Waals surface area contributed by atoms with Crippen LogP contribution in [0.2, 0.25) is 0 Å². The van der Waals surface area contributed by atoms with Crippen LogP contribution in [0.5, 0.6) is 11.5 Å². The molecule has 0 bridgehead atoms. The zero-order valence-corrected chi connectivity index (χ0v) is 18.6. The number of rotatable bonds is 10. The van der Waals surface area contributed by atoms with E-state index in [-0.39, 0.29) is 23.4 Å². The van der Waals surface area contributed by atoms with Crippen LogP contribution >= 0.6 is 11.8 Å². The number of aryl methyl sites for hydroxylation is 1. The first-order valence-corrected chi connectivity index (χ1v) is 10.8. The Bertz CT molecular complexity index is 1060. The summed E-state index contributed by atoms with van der Waals surface area (Å²) in [5, 5.41) is 9.97. The third-order valence-corrected chi connectivity index (χ3v) is 5.78. The number of ether oxygens (including phenoxy) is 2. The van der Waals surface area contributed by atoms with E-state index < -0.39 is 0 Å². The molecule has 2 N–H and O–H groups in total. The smallest absolute Gasteiger partial charge is 0.343 e. The van der Waals surface area contributed by atoms with Gasteiger partial charge in [-0.1, -0.05) is 42.1 Å². The molecule has 31 heavy (non-hydrogen) atoms. The average Bonchev–Trinajstić information content (AvgIpc) is 3.15. The second kappa shape index (κ2) is 10.7. The molecule has 3 aromatic rings. The van der Waals surface area contributed by atoms with E-state index in [1.165, 1.54) is 11.8 Å². The molecular weight excluding hydrogens is 416 g/mol. The van der Waals surface area contributed by atoms with Crippen LogP contribution in [0.1, 0.15) is 24.1 Å². The van der Waals surface area contributed by atoms with Gasteiger partial charge in [-0.2, -0.15) is 0 Å². The molecular formula is C22H26N4O4S. The van der Waals surface area contributed by atoms with E-state index in [0.717, 1.165) is 11.1 Å². The van der Waals surface area contributed by atoms with Gasteiger partial charge in [0.05, 0.1) is 26.0 Å². The first-order valence-electron chi connectivity index (χ1n) is 9.85. The Labute approximate surface area is 185 Å². The Hall–Kier alpha value is -3.20. The molecule has 1 amide bonds. The van der Waals surface area contributed by atoms with Gasteiger partial charge < -0.3 is 14.8 Å². The summed E-state index contributed by atoms with van der Waals surface area (Å²) in [6, 6.07) is 15.1. The number of benzene rings is 2. The van der Waals surface area contributed by atoms with E-state index in [2.05, 4.69) is 15.5 Å². The largest absolute Gasteiger partial charge is 0.497 e. The molecule has 0 radical (unpaired) electrons. The molecule has 3 rings (SSSR count). The average molecular weight is 443 g/mol. The fourth-order valence-electron chi connectivity index (χ4n) is 3.16. The summed E-state index contributed by atoms with van der Waals surface area (Å²) in [5.41, 5.74) is 1.67.